The van der Waals surface area contributed by atoms with Crippen LogP contribution in [0.4, 0.5) is 9.18 Å². The Labute approximate surface area is 192 Å². The summed E-state index contributed by atoms with van der Waals surface area (Å²) < 4.78 is 24.8. The van der Waals surface area contributed by atoms with Crippen LogP contribution in [0.3, 0.4) is 0 Å². The van der Waals surface area contributed by atoms with Crippen LogP contribution < -0.4 is 10.1 Å². The molecular weight excluding hydrogens is 423 g/mol. The molecule has 3 aromatic rings. The van der Waals surface area contributed by atoms with E-state index >= 15 is 0 Å². The first kappa shape index (κ1) is 22.5. The number of urea groups is 1. The van der Waals surface area contributed by atoms with Crippen LogP contribution in [0.5, 0.6) is 5.75 Å². The van der Waals surface area contributed by atoms with Crippen LogP contribution in [-0.2, 0) is 0 Å². The monoisotopic (exact) mass is 450 g/mol. The van der Waals surface area contributed by atoms with E-state index in [1.165, 1.54) is 19.2 Å². The molecule has 0 saturated carbocycles. The van der Waals surface area contributed by atoms with E-state index in [2.05, 4.69) is 29.3 Å². The number of benzene rings is 2. The maximum Gasteiger partial charge on any atom is 0.322 e. The van der Waals surface area contributed by atoms with E-state index in [1.807, 2.05) is 38.1 Å². The molecule has 0 bridgehead atoms. The first-order valence-corrected chi connectivity index (χ1v) is 10.8. The molecule has 0 radical (unpaired) electrons. The van der Waals surface area contributed by atoms with Gasteiger partial charge < -0.3 is 14.6 Å². The Bertz CT molecular complexity index is 1200. The number of allylic oxidation sites excluding steroid dienone is 1. The van der Waals surface area contributed by atoms with E-state index in [4.69, 9.17) is 9.26 Å². The molecule has 2 amide bonds. The summed E-state index contributed by atoms with van der Waals surface area (Å²) in [6.45, 7) is 8.54. The van der Waals surface area contributed by atoms with E-state index in [0.29, 0.717) is 17.7 Å². The molecule has 7 nitrogen and oxygen atoms in total. The lowest BCUT2D eigenvalue weighted by molar-refractivity contribution is 0.199. The molecule has 0 spiro atoms. The second-order valence-corrected chi connectivity index (χ2v) is 8.57. The minimum absolute atomic E-state index is 0.139. The van der Waals surface area contributed by atoms with E-state index in [9.17, 15) is 9.18 Å². The molecule has 1 aliphatic rings. The normalized spacial score (nSPS) is 16.4. The smallest absolute Gasteiger partial charge is 0.322 e. The van der Waals surface area contributed by atoms with Gasteiger partial charge in [-0.3, -0.25) is 4.90 Å². The van der Waals surface area contributed by atoms with E-state index < -0.39 is 11.9 Å². The fourth-order valence-electron chi connectivity index (χ4n) is 3.91. The number of carbonyl (C=O) groups is 1. The number of aryl methyl sites for hydroxylation is 1. The summed E-state index contributed by atoms with van der Waals surface area (Å²) >= 11 is 0. The fraction of sp³-hybridized carbons (Fsp3) is 0.320. The number of rotatable bonds is 6. The number of aromatic nitrogens is 2. The van der Waals surface area contributed by atoms with Gasteiger partial charge in [-0.15, -0.1) is 0 Å². The molecule has 2 aromatic carbocycles. The van der Waals surface area contributed by atoms with Gasteiger partial charge in [0, 0.05) is 17.8 Å². The second-order valence-electron chi connectivity index (χ2n) is 8.57. The molecule has 172 valence electrons. The number of nitrogens with one attached hydrogen (secondary N) is 1. The molecule has 1 aromatic heterocycles. The third kappa shape index (κ3) is 4.46. The summed E-state index contributed by atoms with van der Waals surface area (Å²) in [5, 5.41) is 7.17. The molecular formula is C25H27FN4O3. The Morgan fingerprint density at radius 3 is 2.55 bits per heavy atom. The number of ether oxygens (including phenoxy) is 1. The summed E-state index contributed by atoms with van der Waals surface area (Å²) in [6.07, 6.45) is 0. The van der Waals surface area contributed by atoms with Gasteiger partial charge >= 0.3 is 6.03 Å². The molecule has 1 unspecified atom stereocenters. The van der Waals surface area contributed by atoms with Crippen LogP contribution in [0.15, 0.2) is 52.7 Å². The van der Waals surface area contributed by atoms with Gasteiger partial charge in [-0.05, 0) is 43.5 Å². The zero-order valence-electron chi connectivity index (χ0n) is 19.3. The highest BCUT2D eigenvalue weighted by Crippen LogP contribution is 2.37. The zero-order valence-corrected chi connectivity index (χ0v) is 19.3. The van der Waals surface area contributed by atoms with E-state index in [1.54, 1.807) is 11.0 Å². The Morgan fingerprint density at radius 1 is 1.18 bits per heavy atom. The van der Waals surface area contributed by atoms with E-state index in [0.717, 1.165) is 16.8 Å². The minimum atomic E-state index is -0.512. The van der Waals surface area contributed by atoms with Crippen molar-refractivity contribution in [3.8, 4) is 17.1 Å². The third-order valence-electron chi connectivity index (χ3n) is 5.62. The van der Waals surface area contributed by atoms with Gasteiger partial charge in [0.25, 0.3) is 5.89 Å². The number of carbonyl (C=O) groups excluding carboxylic acids is 1. The Morgan fingerprint density at radius 2 is 1.91 bits per heavy atom. The molecule has 1 atom stereocenters. The van der Waals surface area contributed by atoms with Gasteiger partial charge in [0.05, 0.1) is 18.7 Å². The van der Waals surface area contributed by atoms with Crippen LogP contribution in [0, 0.1) is 18.7 Å². The van der Waals surface area contributed by atoms with Crippen LogP contribution in [0.25, 0.3) is 17.0 Å². The van der Waals surface area contributed by atoms with Crippen LogP contribution >= 0.6 is 0 Å². The number of methoxy groups -OCH3 is 1. The van der Waals surface area contributed by atoms with Gasteiger partial charge in [-0.25, -0.2) is 9.18 Å². The molecule has 0 fully saturated rings. The van der Waals surface area contributed by atoms with Crippen LogP contribution in [0.1, 0.15) is 43.8 Å². The number of halogens is 1. The predicted molar refractivity (Wildman–Crippen MR) is 123 cm³/mol. The van der Waals surface area contributed by atoms with Crippen LogP contribution in [-0.4, -0.2) is 34.7 Å². The second kappa shape index (κ2) is 9.05. The van der Waals surface area contributed by atoms with Crippen molar-refractivity contribution in [3.63, 3.8) is 0 Å². The van der Waals surface area contributed by atoms with E-state index in [-0.39, 0.29) is 29.4 Å². The summed E-state index contributed by atoms with van der Waals surface area (Å²) in [5.74, 6) is 0.422. The molecule has 0 saturated heterocycles. The van der Waals surface area contributed by atoms with Gasteiger partial charge in [-0.1, -0.05) is 48.8 Å². The Balaban J connectivity index is 1.80. The van der Waals surface area contributed by atoms with Crippen molar-refractivity contribution in [1.82, 2.24) is 20.4 Å². The maximum absolute atomic E-state index is 14.2. The van der Waals surface area contributed by atoms with Gasteiger partial charge in [0.15, 0.2) is 11.6 Å². The first-order chi connectivity index (χ1) is 15.8. The number of hydrogen-bond donors (Lipinski definition) is 1. The quantitative estimate of drug-likeness (QED) is 0.548. The molecule has 0 aliphatic carbocycles. The average molecular weight is 451 g/mol. The highest BCUT2D eigenvalue weighted by atomic mass is 19.1. The van der Waals surface area contributed by atoms with Crippen molar-refractivity contribution >= 4 is 11.6 Å². The number of nitrogens with zero attached hydrogens (tertiary/aromatic N) is 3. The minimum Gasteiger partial charge on any atom is -0.494 e. The molecule has 1 N–H and O–H groups in total. The predicted octanol–water partition coefficient (Wildman–Crippen LogP) is 5.35. The topological polar surface area (TPSA) is 80.5 Å². The molecule has 1 aliphatic heterocycles. The lowest BCUT2D eigenvalue weighted by atomic mass is 9.94. The summed E-state index contributed by atoms with van der Waals surface area (Å²) in [5.41, 5.74) is 3.95. The van der Waals surface area contributed by atoms with Crippen molar-refractivity contribution in [2.45, 2.75) is 33.7 Å². The molecule has 2 heterocycles. The summed E-state index contributed by atoms with van der Waals surface area (Å²) in [7, 11) is 1.41. The number of amides is 2. The Kier molecular flexibility index (Phi) is 6.18. The van der Waals surface area contributed by atoms with Crippen molar-refractivity contribution in [3.05, 3.63) is 71.0 Å². The molecule has 4 rings (SSSR count). The third-order valence-corrected chi connectivity index (χ3v) is 5.62. The Hall–Kier alpha value is -3.68. The fourth-order valence-corrected chi connectivity index (χ4v) is 3.91. The lowest BCUT2D eigenvalue weighted by Gasteiger charge is -2.36. The van der Waals surface area contributed by atoms with Crippen molar-refractivity contribution in [2.24, 2.45) is 5.92 Å². The van der Waals surface area contributed by atoms with Crippen molar-refractivity contribution in [1.29, 1.82) is 0 Å². The average Bonchev–Trinajstić information content (AvgIpc) is 3.26. The largest absolute Gasteiger partial charge is 0.494 e. The highest BCUT2D eigenvalue weighted by molar-refractivity contribution is 5.86. The van der Waals surface area contributed by atoms with Gasteiger partial charge in [0.2, 0.25) is 5.82 Å². The molecule has 8 heteroatoms. The van der Waals surface area contributed by atoms with Crippen molar-refractivity contribution in [2.75, 3.05) is 13.7 Å². The standard InChI is InChI=1S/C25H27FN4O3/c1-14(2)13-30-16(4)21(22(27-25(30)31)17-8-6-15(3)7-9-17)24-28-23(29-33-24)18-10-11-20(32-5)19(26)12-18/h6-12,14,22H,13H2,1-5H3,(H,27,31). The molecule has 33 heavy (non-hydrogen) atoms. The SMILES string of the molecule is COc1ccc(-c2noc(C3=C(C)N(CC(C)C)C(=O)NC3c3ccc(C)cc3)n2)cc1F. The maximum atomic E-state index is 14.2. The van der Waals surface area contributed by atoms with Gasteiger partial charge in [-0.2, -0.15) is 4.98 Å². The first-order valence-electron chi connectivity index (χ1n) is 10.8. The highest BCUT2D eigenvalue weighted by Gasteiger charge is 2.35. The zero-order chi connectivity index (χ0) is 23.7. The lowest BCUT2D eigenvalue weighted by Crippen LogP contribution is -2.47. The summed E-state index contributed by atoms with van der Waals surface area (Å²) in [4.78, 5) is 19.2. The summed E-state index contributed by atoms with van der Waals surface area (Å²) in [6, 6.07) is 11.8. The van der Waals surface area contributed by atoms with Crippen LogP contribution in [0.2, 0.25) is 0 Å². The van der Waals surface area contributed by atoms with Gasteiger partial charge in [0.1, 0.15) is 0 Å². The number of hydrogen-bond acceptors (Lipinski definition) is 5. The van der Waals surface area contributed by atoms with Crippen molar-refractivity contribution < 1.29 is 18.4 Å².